The highest BCUT2D eigenvalue weighted by Gasteiger charge is 2.23. The summed E-state index contributed by atoms with van der Waals surface area (Å²) in [4.78, 5) is 16.5. The standard InChI is InChI=1S/C18H16Cl2N4OS/c19-14-6-5-12(11-15(14)20)21-18(25)24-9-7-23(8-10-24)17-13-3-1-2-4-16(13)26-22-17/h1-6,11H,7-10H2,(H,21,25). The van der Waals surface area contributed by atoms with E-state index in [1.54, 1.807) is 23.1 Å². The van der Waals surface area contributed by atoms with Crippen molar-refractivity contribution in [3.05, 3.63) is 52.5 Å². The first kappa shape index (κ1) is 17.4. The number of nitrogens with one attached hydrogen (secondary N) is 1. The highest BCUT2D eigenvalue weighted by molar-refractivity contribution is 7.13. The number of nitrogens with zero attached hydrogens (tertiary/aromatic N) is 3. The number of halogens is 2. The maximum absolute atomic E-state index is 12.5. The van der Waals surface area contributed by atoms with Gasteiger partial charge in [0.25, 0.3) is 0 Å². The first-order valence-electron chi connectivity index (χ1n) is 8.22. The van der Waals surface area contributed by atoms with Crippen LogP contribution in [0.25, 0.3) is 10.1 Å². The van der Waals surface area contributed by atoms with E-state index in [9.17, 15) is 4.79 Å². The summed E-state index contributed by atoms with van der Waals surface area (Å²) in [7, 11) is 0. The van der Waals surface area contributed by atoms with Crippen molar-refractivity contribution in [2.45, 2.75) is 0 Å². The molecule has 2 amide bonds. The predicted octanol–water partition coefficient (Wildman–Crippen LogP) is 4.96. The minimum absolute atomic E-state index is 0.133. The number of carbonyl (C=O) groups is 1. The third-order valence-corrected chi connectivity index (χ3v) is 5.95. The Morgan fingerprint density at radius 2 is 1.81 bits per heavy atom. The molecule has 2 heterocycles. The van der Waals surface area contributed by atoms with Crippen LogP contribution in [0.1, 0.15) is 0 Å². The van der Waals surface area contributed by atoms with Gasteiger partial charge in [-0.05, 0) is 41.9 Å². The molecule has 1 saturated heterocycles. The molecule has 26 heavy (non-hydrogen) atoms. The molecule has 1 aliphatic heterocycles. The van der Waals surface area contributed by atoms with Gasteiger partial charge in [0.15, 0.2) is 0 Å². The van der Waals surface area contributed by atoms with Crippen molar-refractivity contribution in [3.8, 4) is 0 Å². The zero-order chi connectivity index (χ0) is 18.1. The fourth-order valence-corrected chi connectivity index (χ4v) is 4.09. The van der Waals surface area contributed by atoms with E-state index >= 15 is 0 Å². The third-order valence-electron chi connectivity index (χ3n) is 4.40. The number of anilines is 2. The van der Waals surface area contributed by atoms with Gasteiger partial charge in [0.05, 0.1) is 14.7 Å². The predicted molar refractivity (Wildman–Crippen MR) is 109 cm³/mol. The van der Waals surface area contributed by atoms with Crippen molar-refractivity contribution in [1.82, 2.24) is 9.27 Å². The zero-order valence-electron chi connectivity index (χ0n) is 13.8. The first-order valence-corrected chi connectivity index (χ1v) is 9.75. The van der Waals surface area contributed by atoms with Gasteiger partial charge in [-0.2, -0.15) is 4.37 Å². The molecule has 0 radical (unpaired) electrons. The number of rotatable bonds is 2. The summed E-state index contributed by atoms with van der Waals surface area (Å²) in [6, 6.07) is 13.2. The average Bonchev–Trinajstić information content (AvgIpc) is 3.09. The van der Waals surface area contributed by atoms with Gasteiger partial charge in [-0.1, -0.05) is 35.3 Å². The van der Waals surface area contributed by atoms with E-state index in [-0.39, 0.29) is 6.03 Å². The summed E-state index contributed by atoms with van der Waals surface area (Å²) in [5.41, 5.74) is 0.636. The molecule has 0 saturated carbocycles. The van der Waals surface area contributed by atoms with Gasteiger partial charge in [-0.3, -0.25) is 0 Å². The molecule has 0 atom stereocenters. The Kier molecular flexibility index (Phi) is 4.89. The van der Waals surface area contributed by atoms with E-state index in [2.05, 4.69) is 26.7 Å². The van der Waals surface area contributed by atoms with Crippen molar-refractivity contribution >= 4 is 62.4 Å². The summed E-state index contributed by atoms with van der Waals surface area (Å²) in [6.07, 6.45) is 0. The molecule has 1 aliphatic rings. The highest BCUT2D eigenvalue weighted by atomic mass is 35.5. The lowest BCUT2D eigenvalue weighted by Gasteiger charge is -2.35. The van der Waals surface area contributed by atoms with Gasteiger partial charge in [0, 0.05) is 37.3 Å². The number of urea groups is 1. The average molecular weight is 407 g/mol. The Morgan fingerprint density at radius 3 is 2.58 bits per heavy atom. The normalized spacial score (nSPS) is 14.7. The summed E-state index contributed by atoms with van der Waals surface area (Å²) in [5.74, 6) is 1.01. The summed E-state index contributed by atoms with van der Waals surface area (Å²) < 4.78 is 5.78. The van der Waals surface area contributed by atoms with E-state index in [1.165, 1.54) is 21.6 Å². The Bertz CT molecular complexity index is 953. The van der Waals surface area contributed by atoms with Crippen molar-refractivity contribution in [3.63, 3.8) is 0 Å². The maximum atomic E-state index is 12.5. The van der Waals surface area contributed by atoms with Crippen LogP contribution in [0.15, 0.2) is 42.5 Å². The van der Waals surface area contributed by atoms with Crippen LogP contribution in [-0.2, 0) is 0 Å². The van der Waals surface area contributed by atoms with E-state index < -0.39 is 0 Å². The van der Waals surface area contributed by atoms with E-state index in [0.29, 0.717) is 28.8 Å². The number of hydrogen-bond acceptors (Lipinski definition) is 4. The third kappa shape index (κ3) is 3.45. The minimum Gasteiger partial charge on any atom is -0.352 e. The second kappa shape index (κ2) is 7.31. The molecule has 3 aromatic rings. The van der Waals surface area contributed by atoms with Crippen molar-refractivity contribution < 1.29 is 4.79 Å². The zero-order valence-corrected chi connectivity index (χ0v) is 16.1. The van der Waals surface area contributed by atoms with Crippen LogP contribution >= 0.6 is 34.7 Å². The fourth-order valence-electron chi connectivity index (χ4n) is 3.00. The second-order valence-corrected chi connectivity index (χ2v) is 7.65. The number of hydrogen-bond donors (Lipinski definition) is 1. The van der Waals surface area contributed by atoms with Crippen LogP contribution in [0.3, 0.4) is 0 Å². The number of amides is 2. The lowest BCUT2D eigenvalue weighted by Crippen LogP contribution is -2.50. The van der Waals surface area contributed by atoms with E-state index in [4.69, 9.17) is 23.2 Å². The van der Waals surface area contributed by atoms with Gasteiger partial charge >= 0.3 is 6.03 Å². The SMILES string of the molecule is O=C(Nc1ccc(Cl)c(Cl)c1)N1CCN(c2nsc3ccccc23)CC1. The van der Waals surface area contributed by atoms with Crippen LogP contribution < -0.4 is 10.2 Å². The molecule has 1 fully saturated rings. The lowest BCUT2D eigenvalue weighted by atomic mass is 10.2. The number of fused-ring (bicyclic) bond motifs is 1. The minimum atomic E-state index is -0.133. The van der Waals surface area contributed by atoms with E-state index in [0.717, 1.165) is 18.9 Å². The Morgan fingerprint density at radius 1 is 1.04 bits per heavy atom. The highest BCUT2D eigenvalue weighted by Crippen LogP contribution is 2.30. The number of aromatic nitrogens is 1. The Hall–Kier alpha value is -2.02. The van der Waals surface area contributed by atoms with Gasteiger partial charge in [-0.15, -0.1) is 0 Å². The first-order chi connectivity index (χ1) is 12.6. The van der Waals surface area contributed by atoms with Gasteiger partial charge in [-0.25, -0.2) is 4.79 Å². The molecule has 0 spiro atoms. The smallest absolute Gasteiger partial charge is 0.321 e. The quantitative estimate of drug-likeness (QED) is 0.654. The van der Waals surface area contributed by atoms with Crippen LogP contribution in [0.5, 0.6) is 0 Å². The number of carbonyl (C=O) groups excluding carboxylic acids is 1. The monoisotopic (exact) mass is 406 g/mol. The molecule has 5 nitrogen and oxygen atoms in total. The van der Waals surface area contributed by atoms with Crippen LogP contribution in [0.4, 0.5) is 16.3 Å². The number of piperazine rings is 1. The van der Waals surface area contributed by atoms with Crippen molar-refractivity contribution in [1.29, 1.82) is 0 Å². The fraction of sp³-hybridized carbons (Fsp3) is 0.222. The van der Waals surface area contributed by atoms with Crippen molar-refractivity contribution in [2.75, 3.05) is 36.4 Å². The Balaban J connectivity index is 1.40. The summed E-state index contributed by atoms with van der Waals surface area (Å²) >= 11 is 13.4. The molecule has 4 rings (SSSR count). The van der Waals surface area contributed by atoms with Crippen LogP contribution in [0, 0.1) is 0 Å². The molecule has 2 aromatic carbocycles. The second-order valence-electron chi connectivity index (χ2n) is 6.04. The van der Waals surface area contributed by atoms with E-state index in [1.807, 2.05) is 12.1 Å². The summed E-state index contributed by atoms with van der Waals surface area (Å²) in [5, 5.41) is 4.93. The molecule has 0 aliphatic carbocycles. The molecule has 134 valence electrons. The molecule has 1 aromatic heterocycles. The van der Waals surface area contributed by atoms with Crippen molar-refractivity contribution in [2.24, 2.45) is 0 Å². The van der Waals surface area contributed by atoms with Gasteiger partial charge in [0.1, 0.15) is 5.82 Å². The molecule has 0 bridgehead atoms. The number of benzene rings is 2. The maximum Gasteiger partial charge on any atom is 0.321 e. The van der Waals surface area contributed by atoms with Gasteiger partial charge in [0.2, 0.25) is 0 Å². The Labute approximate surface area is 165 Å². The lowest BCUT2D eigenvalue weighted by molar-refractivity contribution is 0.208. The summed E-state index contributed by atoms with van der Waals surface area (Å²) in [6.45, 7) is 2.78. The molecular weight excluding hydrogens is 391 g/mol. The molecule has 1 N–H and O–H groups in total. The topological polar surface area (TPSA) is 48.5 Å². The molecule has 8 heteroatoms. The molecular formula is C18H16Cl2N4OS. The molecule has 0 unspecified atom stereocenters. The van der Waals surface area contributed by atoms with Crippen LogP contribution in [-0.4, -0.2) is 41.5 Å². The van der Waals surface area contributed by atoms with Gasteiger partial charge < -0.3 is 15.1 Å². The largest absolute Gasteiger partial charge is 0.352 e. The van der Waals surface area contributed by atoms with Crippen LogP contribution in [0.2, 0.25) is 10.0 Å².